The van der Waals surface area contributed by atoms with Gasteiger partial charge in [0, 0.05) is 7.11 Å². The van der Waals surface area contributed by atoms with Gasteiger partial charge < -0.3 is 24.8 Å². The minimum Gasteiger partial charge on any atom is -0.387 e. The van der Waals surface area contributed by atoms with Crippen LogP contribution in [0.5, 0.6) is 0 Å². The van der Waals surface area contributed by atoms with E-state index in [0.29, 0.717) is 0 Å². The van der Waals surface area contributed by atoms with Crippen molar-refractivity contribution in [2.24, 2.45) is 0 Å². The Morgan fingerprint density at radius 2 is 1.60 bits per heavy atom. The highest BCUT2D eigenvalue weighted by molar-refractivity contribution is 7.99. The number of unbranched alkanes of at least 4 members (excludes halogenated alkanes) is 5. The van der Waals surface area contributed by atoms with Gasteiger partial charge in [-0.15, -0.1) is 11.8 Å². The molecule has 3 N–H and O–H groups in total. The van der Waals surface area contributed by atoms with Gasteiger partial charge in [0.15, 0.2) is 6.29 Å². The summed E-state index contributed by atoms with van der Waals surface area (Å²) in [7, 11) is 1.41. The average molecular weight is 308 g/mol. The molecule has 0 aromatic rings. The van der Waals surface area contributed by atoms with Crippen LogP contribution < -0.4 is 0 Å². The quantitative estimate of drug-likeness (QED) is 0.560. The fourth-order valence-corrected chi connectivity index (χ4v) is 3.38. The number of rotatable bonds is 9. The van der Waals surface area contributed by atoms with E-state index >= 15 is 0 Å². The third-order valence-corrected chi connectivity index (χ3v) is 4.78. The molecule has 1 aliphatic rings. The molecule has 1 heterocycles. The Morgan fingerprint density at radius 3 is 2.25 bits per heavy atom. The maximum absolute atomic E-state index is 9.88. The number of ether oxygens (including phenoxy) is 2. The lowest BCUT2D eigenvalue weighted by atomic mass is 10.1. The van der Waals surface area contributed by atoms with Crippen molar-refractivity contribution in [2.75, 3.05) is 12.9 Å². The molecule has 0 saturated carbocycles. The van der Waals surface area contributed by atoms with Gasteiger partial charge in [0.05, 0.1) is 0 Å². The van der Waals surface area contributed by atoms with Crippen LogP contribution in [0.1, 0.15) is 45.4 Å². The summed E-state index contributed by atoms with van der Waals surface area (Å²) < 4.78 is 10.4. The van der Waals surface area contributed by atoms with Crippen molar-refractivity contribution in [1.82, 2.24) is 0 Å². The van der Waals surface area contributed by atoms with Gasteiger partial charge in [-0.3, -0.25) is 0 Å². The van der Waals surface area contributed by atoms with Crippen LogP contribution in [0.3, 0.4) is 0 Å². The molecule has 0 amide bonds. The van der Waals surface area contributed by atoms with E-state index in [-0.39, 0.29) is 0 Å². The molecular weight excluding hydrogens is 280 g/mol. The van der Waals surface area contributed by atoms with E-state index in [0.717, 1.165) is 12.2 Å². The van der Waals surface area contributed by atoms with E-state index in [1.165, 1.54) is 51.0 Å². The summed E-state index contributed by atoms with van der Waals surface area (Å²) in [5.41, 5.74) is -0.547. The zero-order valence-corrected chi connectivity index (χ0v) is 13.2. The monoisotopic (exact) mass is 308 g/mol. The van der Waals surface area contributed by atoms with E-state index in [2.05, 4.69) is 6.92 Å². The fourth-order valence-electron chi connectivity index (χ4n) is 2.23. The first-order valence-corrected chi connectivity index (χ1v) is 8.50. The summed E-state index contributed by atoms with van der Waals surface area (Å²) >= 11 is 1.47. The van der Waals surface area contributed by atoms with Crippen LogP contribution in [0.25, 0.3) is 0 Å². The molecular formula is C14H28O5S. The number of hydrogen-bond donors (Lipinski definition) is 3. The maximum atomic E-state index is 9.88. The first kappa shape index (κ1) is 18.2. The molecule has 1 rings (SSSR count). The van der Waals surface area contributed by atoms with Gasteiger partial charge in [-0.05, 0) is 12.2 Å². The minimum absolute atomic E-state index is 0.547. The van der Waals surface area contributed by atoms with Gasteiger partial charge >= 0.3 is 0 Å². The zero-order chi connectivity index (χ0) is 15.0. The third kappa shape index (κ3) is 5.50. The van der Waals surface area contributed by atoms with Crippen LogP contribution in [0.2, 0.25) is 0 Å². The second-order valence-electron chi connectivity index (χ2n) is 5.22. The molecule has 20 heavy (non-hydrogen) atoms. The average Bonchev–Trinajstić information content (AvgIpc) is 2.46. The van der Waals surface area contributed by atoms with Crippen LogP contribution >= 0.6 is 11.8 Å². The van der Waals surface area contributed by atoms with Gasteiger partial charge in [0.25, 0.3) is 0 Å². The number of thioether (sulfide) groups is 1. The van der Waals surface area contributed by atoms with Crippen molar-refractivity contribution in [3.05, 3.63) is 0 Å². The summed E-state index contributed by atoms with van der Waals surface area (Å²) in [5, 5.41) is 29.3. The molecule has 1 fully saturated rings. The lowest BCUT2D eigenvalue weighted by Crippen LogP contribution is -2.57. The lowest BCUT2D eigenvalue weighted by Gasteiger charge is -2.39. The molecule has 0 radical (unpaired) electrons. The Bertz CT molecular complexity index is 252. The van der Waals surface area contributed by atoms with Gasteiger partial charge in [-0.25, -0.2) is 0 Å². The molecule has 5 atom stereocenters. The minimum atomic E-state index is -1.23. The first-order valence-electron chi connectivity index (χ1n) is 7.45. The Labute approximate surface area is 125 Å². The molecule has 6 heteroatoms. The van der Waals surface area contributed by atoms with Gasteiger partial charge in [-0.2, -0.15) is 0 Å². The molecule has 0 bridgehead atoms. The molecule has 0 aromatic carbocycles. The zero-order valence-electron chi connectivity index (χ0n) is 12.4. The van der Waals surface area contributed by atoms with Crippen molar-refractivity contribution < 1.29 is 24.8 Å². The molecule has 1 aliphatic heterocycles. The Balaban J connectivity index is 2.21. The summed E-state index contributed by atoms with van der Waals surface area (Å²) in [6.45, 7) is 2.20. The second kappa shape index (κ2) is 9.97. The maximum Gasteiger partial charge on any atom is 0.187 e. The van der Waals surface area contributed by atoms with Crippen molar-refractivity contribution >= 4 is 11.8 Å². The predicted octanol–water partition coefficient (Wildman–Crippen LogP) is 1.49. The topological polar surface area (TPSA) is 79.2 Å². The van der Waals surface area contributed by atoms with Crippen molar-refractivity contribution in [3.63, 3.8) is 0 Å². The molecule has 0 spiro atoms. The number of hydrogen-bond acceptors (Lipinski definition) is 6. The number of aliphatic hydroxyl groups is 3. The van der Waals surface area contributed by atoms with E-state index in [9.17, 15) is 15.3 Å². The highest BCUT2D eigenvalue weighted by Gasteiger charge is 2.43. The fraction of sp³-hybridized carbons (Fsp3) is 1.00. The largest absolute Gasteiger partial charge is 0.387 e. The predicted molar refractivity (Wildman–Crippen MR) is 79.5 cm³/mol. The van der Waals surface area contributed by atoms with Crippen LogP contribution in [-0.2, 0) is 9.47 Å². The standard InChI is InChI=1S/C14H28O5S/c1-3-4-5-6-7-8-9-20-14-12(17)10(15)11(16)13(18-2)19-14/h10-17H,3-9H2,1-2H3/t10-,11-,12+,13-,14+/m0/s1. The Kier molecular flexibility index (Phi) is 9.08. The van der Waals surface area contributed by atoms with Crippen molar-refractivity contribution in [3.8, 4) is 0 Å². The molecule has 120 valence electrons. The number of aliphatic hydroxyl groups excluding tert-OH is 3. The van der Waals surface area contributed by atoms with Crippen LogP contribution in [-0.4, -0.2) is 58.2 Å². The smallest absolute Gasteiger partial charge is 0.187 e. The van der Waals surface area contributed by atoms with Crippen LogP contribution in [0.15, 0.2) is 0 Å². The Hall–Kier alpha value is 0.150. The highest BCUT2D eigenvalue weighted by Crippen LogP contribution is 2.29. The van der Waals surface area contributed by atoms with E-state index < -0.39 is 30.0 Å². The lowest BCUT2D eigenvalue weighted by molar-refractivity contribution is -0.270. The normalized spacial score (nSPS) is 34.4. The molecule has 0 unspecified atom stereocenters. The van der Waals surface area contributed by atoms with E-state index in [4.69, 9.17) is 9.47 Å². The van der Waals surface area contributed by atoms with Crippen molar-refractivity contribution in [2.45, 2.75) is 75.5 Å². The van der Waals surface area contributed by atoms with Gasteiger partial charge in [-0.1, -0.05) is 39.0 Å². The first-order chi connectivity index (χ1) is 9.61. The Morgan fingerprint density at radius 1 is 0.950 bits per heavy atom. The van der Waals surface area contributed by atoms with Gasteiger partial charge in [0.2, 0.25) is 0 Å². The molecule has 0 aliphatic carbocycles. The SMILES string of the molecule is CCCCCCCCS[C@H]1O[C@H](OC)[C@@H](O)[C@H](O)[C@H]1O. The van der Waals surface area contributed by atoms with Crippen LogP contribution in [0, 0.1) is 0 Å². The third-order valence-electron chi connectivity index (χ3n) is 3.54. The second-order valence-corrected chi connectivity index (χ2v) is 6.43. The van der Waals surface area contributed by atoms with Crippen LogP contribution in [0.4, 0.5) is 0 Å². The van der Waals surface area contributed by atoms with E-state index in [1.807, 2.05) is 0 Å². The van der Waals surface area contributed by atoms with E-state index in [1.54, 1.807) is 0 Å². The summed E-state index contributed by atoms with van der Waals surface area (Å²) in [6.07, 6.45) is 2.90. The summed E-state index contributed by atoms with van der Waals surface area (Å²) in [6, 6.07) is 0. The molecule has 5 nitrogen and oxygen atoms in total. The number of methoxy groups -OCH3 is 1. The van der Waals surface area contributed by atoms with Crippen molar-refractivity contribution in [1.29, 1.82) is 0 Å². The molecule has 0 aromatic heterocycles. The molecule has 1 saturated heterocycles. The summed E-state index contributed by atoms with van der Waals surface area (Å²) in [4.78, 5) is 0. The highest BCUT2D eigenvalue weighted by atomic mass is 32.2. The van der Waals surface area contributed by atoms with Gasteiger partial charge in [0.1, 0.15) is 23.7 Å². The summed E-state index contributed by atoms with van der Waals surface area (Å²) in [5.74, 6) is 0.868.